The van der Waals surface area contributed by atoms with Crippen molar-refractivity contribution in [3.63, 3.8) is 0 Å². The second-order valence-electron chi connectivity index (χ2n) is 6.00. The Morgan fingerprint density at radius 1 is 1.05 bits per heavy atom. The SMILES string of the molecule is CCC.CCCOc1ccc(F)c(OCC(C)(C)C)c1. The zero-order valence-corrected chi connectivity index (χ0v) is 13.8. The van der Waals surface area contributed by atoms with Crippen LogP contribution in [0.3, 0.4) is 0 Å². The van der Waals surface area contributed by atoms with Crippen molar-refractivity contribution in [3.05, 3.63) is 24.0 Å². The molecule has 0 spiro atoms. The normalized spacial score (nSPS) is 10.6. The van der Waals surface area contributed by atoms with E-state index in [1.807, 2.05) is 27.7 Å². The van der Waals surface area contributed by atoms with Gasteiger partial charge in [0.15, 0.2) is 11.6 Å². The number of ether oxygens (including phenoxy) is 2. The summed E-state index contributed by atoms with van der Waals surface area (Å²) in [6.45, 7) is 13.5. The van der Waals surface area contributed by atoms with E-state index in [9.17, 15) is 4.39 Å². The number of benzene rings is 1. The predicted octanol–water partition coefficient (Wildman–Crippen LogP) is 5.46. The second-order valence-corrected chi connectivity index (χ2v) is 6.00. The fourth-order valence-electron chi connectivity index (χ4n) is 1.20. The van der Waals surface area contributed by atoms with Crippen molar-refractivity contribution in [2.24, 2.45) is 5.41 Å². The first-order valence-corrected chi connectivity index (χ1v) is 7.39. The van der Waals surface area contributed by atoms with E-state index < -0.39 is 0 Å². The average molecular weight is 284 g/mol. The number of hydrogen-bond donors (Lipinski definition) is 0. The van der Waals surface area contributed by atoms with Crippen LogP contribution in [0.5, 0.6) is 11.5 Å². The average Bonchev–Trinajstić information content (AvgIpc) is 2.36. The van der Waals surface area contributed by atoms with Crippen LogP contribution in [0.2, 0.25) is 0 Å². The van der Waals surface area contributed by atoms with E-state index in [-0.39, 0.29) is 17.0 Å². The number of hydrogen-bond acceptors (Lipinski definition) is 2. The molecule has 0 N–H and O–H groups in total. The van der Waals surface area contributed by atoms with E-state index >= 15 is 0 Å². The Labute approximate surface area is 123 Å². The molecule has 0 radical (unpaired) electrons. The minimum atomic E-state index is -0.349. The largest absolute Gasteiger partial charge is 0.493 e. The lowest BCUT2D eigenvalue weighted by molar-refractivity contribution is 0.190. The predicted molar refractivity (Wildman–Crippen MR) is 83.1 cm³/mol. The van der Waals surface area contributed by atoms with Gasteiger partial charge in [0.05, 0.1) is 13.2 Å². The van der Waals surface area contributed by atoms with Gasteiger partial charge in [-0.3, -0.25) is 0 Å². The van der Waals surface area contributed by atoms with Crippen LogP contribution in [0.25, 0.3) is 0 Å². The standard InChI is InChI=1S/C14H21FO2.C3H8/c1-5-8-16-11-6-7-12(15)13(9-11)17-10-14(2,3)4;1-3-2/h6-7,9H,5,8,10H2,1-4H3;3H2,1-2H3. The molecule has 0 aliphatic rings. The summed E-state index contributed by atoms with van der Waals surface area (Å²) in [5.74, 6) is 0.559. The molecule has 0 fully saturated rings. The zero-order chi connectivity index (χ0) is 15.6. The third-order valence-electron chi connectivity index (χ3n) is 2.04. The van der Waals surface area contributed by atoms with Gasteiger partial charge in [-0.1, -0.05) is 48.0 Å². The van der Waals surface area contributed by atoms with Gasteiger partial charge < -0.3 is 9.47 Å². The monoisotopic (exact) mass is 284 g/mol. The van der Waals surface area contributed by atoms with Gasteiger partial charge in [0.25, 0.3) is 0 Å². The van der Waals surface area contributed by atoms with Crippen LogP contribution in [-0.2, 0) is 0 Å². The second kappa shape index (κ2) is 9.62. The van der Waals surface area contributed by atoms with E-state index in [1.54, 1.807) is 12.1 Å². The zero-order valence-electron chi connectivity index (χ0n) is 13.8. The molecule has 0 aliphatic carbocycles. The fraction of sp³-hybridized carbons (Fsp3) is 0.647. The van der Waals surface area contributed by atoms with Crippen molar-refractivity contribution >= 4 is 0 Å². The summed E-state index contributed by atoms with van der Waals surface area (Å²) in [7, 11) is 0. The van der Waals surface area contributed by atoms with E-state index in [1.165, 1.54) is 12.5 Å². The molecule has 1 rings (SSSR count). The molecular weight excluding hydrogens is 255 g/mol. The van der Waals surface area contributed by atoms with Crippen LogP contribution in [0.15, 0.2) is 18.2 Å². The minimum Gasteiger partial charge on any atom is -0.493 e. The first-order chi connectivity index (χ1) is 9.34. The summed E-state index contributed by atoms with van der Waals surface area (Å²) in [6.07, 6.45) is 2.18. The quantitative estimate of drug-likeness (QED) is 0.715. The highest BCUT2D eigenvalue weighted by molar-refractivity contribution is 5.34. The van der Waals surface area contributed by atoms with Gasteiger partial charge in [-0.15, -0.1) is 0 Å². The van der Waals surface area contributed by atoms with Gasteiger partial charge in [0, 0.05) is 6.07 Å². The Hall–Kier alpha value is -1.25. The van der Waals surface area contributed by atoms with Crippen molar-refractivity contribution in [1.82, 2.24) is 0 Å². The van der Waals surface area contributed by atoms with Crippen LogP contribution < -0.4 is 9.47 Å². The number of rotatable bonds is 5. The minimum absolute atomic E-state index is 0.00667. The van der Waals surface area contributed by atoms with Crippen molar-refractivity contribution < 1.29 is 13.9 Å². The third-order valence-corrected chi connectivity index (χ3v) is 2.04. The summed E-state index contributed by atoms with van der Waals surface area (Å²) in [5.41, 5.74) is 0.00667. The molecule has 0 saturated heterocycles. The highest BCUT2D eigenvalue weighted by atomic mass is 19.1. The molecule has 0 aliphatic heterocycles. The summed E-state index contributed by atoms with van der Waals surface area (Å²) < 4.78 is 24.4. The molecule has 0 saturated carbocycles. The van der Waals surface area contributed by atoms with Crippen LogP contribution in [-0.4, -0.2) is 13.2 Å². The van der Waals surface area contributed by atoms with Crippen LogP contribution in [0.1, 0.15) is 54.4 Å². The maximum Gasteiger partial charge on any atom is 0.165 e. The first kappa shape index (κ1) is 18.8. The lowest BCUT2D eigenvalue weighted by atomic mass is 9.99. The molecule has 2 nitrogen and oxygen atoms in total. The molecule has 0 atom stereocenters. The van der Waals surface area contributed by atoms with Crippen LogP contribution in [0, 0.1) is 11.2 Å². The topological polar surface area (TPSA) is 18.5 Å². The van der Waals surface area contributed by atoms with E-state index in [0.29, 0.717) is 19.0 Å². The molecule has 116 valence electrons. The van der Waals surface area contributed by atoms with Crippen LogP contribution >= 0.6 is 0 Å². The molecule has 1 aromatic carbocycles. The highest BCUT2D eigenvalue weighted by Gasteiger charge is 2.13. The summed E-state index contributed by atoms with van der Waals surface area (Å²) in [5, 5.41) is 0. The fourth-order valence-corrected chi connectivity index (χ4v) is 1.20. The van der Waals surface area contributed by atoms with Crippen LogP contribution in [0.4, 0.5) is 4.39 Å². The Morgan fingerprint density at radius 3 is 2.15 bits per heavy atom. The molecule has 1 aromatic rings. The van der Waals surface area contributed by atoms with E-state index in [2.05, 4.69) is 13.8 Å². The Bertz CT molecular complexity index is 370. The summed E-state index contributed by atoms with van der Waals surface area (Å²) >= 11 is 0. The van der Waals surface area contributed by atoms with Crippen molar-refractivity contribution in [3.8, 4) is 11.5 Å². The molecule has 3 heteroatoms. The smallest absolute Gasteiger partial charge is 0.165 e. The van der Waals surface area contributed by atoms with Gasteiger partial charge in [-0.05, 0) is 24.0 Å². The van der Waals surface area contributed by atoms with Gasteiger partial charge >= 0.3 is 0 Å². The lowest BCUT2D eigenvalue weighted by Gasteiger charge is -2.19. The summed E-state index contributed by atoms with van der Waals surface area (Å²) in [6, 6.07) is 4.61. The van der Waals surface area contributed by atoms with Crippen molar-refractivity contribution in [1.29, 1.82) is 0 Å². The molecule has 0 unspecified atom stereocenters. The summed E-state index contributed by atoms with van der Waals surface area (Å²) in [4.78, 5) is 0. The molecule has 20 heavy (non-hydrogen) atoms. The highest BCUT2D eigenvalue weighted by Crippen LogP contribution is 2.25. The third kappa shape index (κ3) is 8.78. The maximum absolute atomic E-state index is 13.5. The van der Waals surface area contributed by atoms with Gasteiger partial charge in [-0.25, -0.2) is 4.39 Å². The Kier molecular flexibility index (Phi) is 9.02. The van der Waals surface area contributed by atoms with Crippen molar-refractivity contribution in [2.45, 2.75) is 54.4 Å². The molecule has 0 amide bonds. The lowest BCUT2D eigenvalue weighted by Crippen LogP contribution is -2.17. The van der Waals surface area contributed by atoms with E-state index in [0.717, 1.165) is 6.42 Å². The van der Waals surface area contributed by atoms with Crippen molar-refractivity contribution in [2.75, 3.05) is 13.2 Å². The van der Waals surface area contributed by atoms with E-state index in [4.69, 9.17) is 9.47 Å². The van der Waals surface area contributed by atoms with Gasteiger partial charge in [0.2, 0.25) is 0 Å². The molecule has 0 aromatic heterocycles. The van der Waals surface area contributed by atoms with Gasteiger partial charge in [0.1, 0.15) is 5.75 Å². The number of halogens is 1. The molecular formula is C17H29FO2. The Morgan fingerprint density at radius 2 is 1.65 bits per heavy atom. The first-order valence-electron chi connectivity index (χ1n) is 7.39. The maximum atomic E-state index is 13.5. The molecule has 0 bridgehead atoms. The molecule has 0 heterocycles. The van der Waals surface area contributed by atoms with Gasteiger partial charge in [-0.2, -0.15) is 0 Å². The Balaban J connectivity index is 0.00000110.